The van der Waals surface area contributed by atoms with Gasteiger partial charge in [-0.05, 0) is 6.07 Å². The van der Waals surface area contributed by atoms with Crippen molar-refractivity contribution in [1.29, 1.82) is 0 Å². The Morgan fingerprint density at radius 2 is 2.14 bits per heavy atom. The van der Waals surface area contributed by atoms with Crippen molar-refractivity contribution in [2.45, 2.75) is 4.33 Å². The zero-order valence-electron chi connectivity index (χ0n) is 7.01. The molecule has 1 aromatic heterocycles. The van der Waals surface area contributed by atoms with E-state index in [-0.39, 0.29) is 11.4 Å². The molecule has 0 fully saturated rings. The van der Waals surface area contributed by atoms with Crippen LogP contribution in [-0.4, -0.2) is 16.8 Å². The van der Waals surface area contributed by atoms with Gasteiger partial charge in [0.05, 0.1) is 11.4 Å². The normalized spacial score (nSPS) is 11.4. The Hall–Kier alpha value is -0.510. The fourth-order valence-corrected chi connectivity index (χ4v) is 1.21. The minimum absolute atomic E-state index is 0.00000630. The molecule has 0 atom stereocenters. The second-order valence-corrected chi connectivity index (χ2v) is 4.42. The second-order valence-electron chi connectivity index (χ2n) is 2.66. The molecule has 0 spiro atoms. The molecule has 1 amide bonds. The third-order valence-electron chi connectivity index (χ3n) is 1.61. The van der Waals surface area contributed by atoms with E-state index in [2.05, 4.69) is 4.98 Å². The molecule has 3 nitrogen and oxygen atoms in total. The number of hydrogen-bond acceptors (Lipinski definition) is 2. The van der Waals surface area contributed by atoms with E-state index in [9.17, 15) is 4.79 Å². The van der Waals surface area contributed by atoms with Crippen LogP contribution in [0.4, 0.5) is 0 Å². The SMILES string of the molecule is NC(=O)c1cncc(C(Cl)(Cl)CCl)c1. The van der Waals surface area contributed by atoms with Crippen LogP contribution in [0, 0.1) is 0 Å². The number of nitrogens with zero attached hydrogens (tertiary/aromatic N) is 1. The highest BCUT2D eigenvalue weighted by Gasteiger charge is 2.26. The zero-order valence-corrected chi connectivity index (χ0v) is 9.27. The molecular formula is C8H7Cl3N2O. The summed E-state index contributed by atoms with van der Waals surface area (Å²) in [6, 6.07) is 1.47. The standard InChI is InChI=1S/C8H7Cl3N2O/c9-4-8(10,11)6-1-5(7(12)14)2-13-3-6/h1-3H,4H2,(H2,12,14). The lowest BCUT2D eigenvalue weighted by atomic mass is 10.1. The lowest BCUT2D eigenvalue weighted by molar-refractivity contribution is 0.1000. The van der Waals surface area contributed by atoms with Crippen LogP contribution in [0.1, 0.15) is 15.9 Å². The molecule has 1 heterocycles. The van der Waals surface area contributed by atoms with Gasteiger partial charge >= 0.3 is 0 Å². The Bertz CT molecular complexity index is 354. The second kappa shape index (κ2) is 4.34. The summed E-state index contributed by atoms with van der Waals surface area (Å²) in [7, 11) is 0. The molecule has 1 aromatic rings. The number of alkyl halides is 3. The molecule has 0 saturated carbocycles. The summed E-state index contributed by atoms with van der Waals surface area (Å²) in [6.45, 7) is 0. The van der Waals surface area contributed by atoms with Crippen molar-refractivity contribution in [3.05, 3.63) is 29.6 Å². The molecule has 0 bridgehead atoms. The van der Waals surface area contributed by atoms with Gasteiger partial charge in [-0.25, -0.2) is 0 Å². The summed E-state index contributed by atoms with van der Waals surface area (Å²) in [5.74, 6) is -0.585. The topological polar surface area (TPSA) is 56.0 Å². The van der Waals surface area contributed by atoms with Gasteiger partial charge in [0, 0.05) is 18.0 Å². The van der Waals surface area contributed by atoms with E-state index in [0.717, 1.165) is 0 Å². The van der Waals surface area contributed by atoms with E-state index < -0.39 is 10.2 Å². The third-order valence-corrected chi connectivity index (χ3v) is 2.99. The summed E-state index contributed by atoms with van der Waals surface area (Å²) < 4.78 is -1.25. The van der Waals surface area contributed by atoms with Gasteiger partial charge in [0.1, 0.15) is 0 Å². The Morgan fingerprint density at radius 3 is 2.64 bits per heavy atom. The number of carbonyl (C=O) groups excluding carboxylic acids is 1. The zero-order chi connectivity index (χ0) is 10.8. The highest BCUT2D eigenvalue weighted by molar-refractivity contribution is 6.51. The van der Waals surface area contributed by atoms with Crippen molar-refractivity contribution in [2.75, 3.05) is 5.88 Å². The van der Waals surface area contributed by atoms with Gasteiger partial charge in [-0.15, -0.1) is 11.6 Å². The highest BCUT2D eigenvalue weighted by Crippen LogP contribution is 2.34. The molecule has 0 aliphatic heterocycles. The Morgan fingerprint density at radius 1 is 1.50 bits per heavy atom. The lowest BCUT2D eigenvalue weighted by Gasteiger charge is -2.16. The van der Waals surface area contributed by atoms with Crippen LogP contribution < -0.4 is 5.73 Å². The maximum absolute atomic E-state index is 10.8. The number of pyridine rings is 1. The molecule has 0 radical (unpaired) electrons. The number of rotatable bonds is 3. The van der Waals surface area contributed by atoms with Crippen LogP contribution >= 0.6 is 34.8 Å². The summed E-state index contributed by atoms with van der Waals surface area (Å²) in [4.78, 5) is 14.6. The maximum Gasteiger partial charge on any atom is 0.250 e. The number of amides is 1. The lowest BCUT2D eigenvalue weighted by Crippen LogP contribution is -2.16. The molecule has 76 valence electrons. The van der Waals surface area contributed by atoms with E-state index in [1.165, 1.54) is 18.5 Å². The molecule has 0 aromatic carbocycles. The van der Waals surface area contributed by atoms with E-state index in [1.54, 1.807) is 0 Å². The number of nitrogens with two attached hydrogens (primary N) is 1. The van der Waals surface area contributed by atoms with Gasteiger partial charge in [0.2, 0.25) is 5.91 Å². The minimum Gasteiger partial charge on any atom is -0.366 e. The van der Waals surface area contributed by atoms with Crippen LogP contribution in [-0.2, 0) is 4.33 Å². The van der Waals surface area contributed by atoms with Crippen LogP contribution in [0.25, 0.3) is 0 Å². The quantitative estimate of drug-likeness (QED) is 0.838. The van der Waals surface area contributed by atoms with Crippen LogP contribution in [0.2, 0.25) is 0 Å². The predicted octanol–water partition coefficient (Wildman–Crippen LogP) is 2.05. The van der Waals surface area contributed by atoms with Gasteiger partial charge in [0.25, 0.3) is 0 Å². The van der Waals surface area contributed by atoms with Crippen molar-refractivity contribution in [2.24, 2.45) is 5.73 Å². The Kier molecular flexibility index (Phi) is 3.59. The molecular weight excluding hydrogens is 246 g/mol. The number of halogens is 3. The number of primary amides is 1. The van der Waals surface area contributed by atoms with Gasteiger partial charge in [-0.3, -0.25) is 9.78 Å². The monoisotopic (exact) mass is 252 g/mol. The molecule has 1 rings (SSSR count). The fraction of sp³-hybridized carbons (Fsp3) is 0.250. The van der Waals surface area contributed by atoms with E-state index in [4.69, 9.17) is 40.5 Å². The summed E-state index contributed by atoms with van der Waals surface area (Å²) in [5, 5.41) is 0. The van der Waals surface area contributed by atoms with E-state index in [0.29, 0.717) is 5.56 Å². The Balaban J connectivity index is 3.12. The van der Waals surface area contributed by atoms with Crippen LogP contribution in [0.3, 0.4) is 0 Å². The van der Waals surface area contributed by atoms with Crippen molar-refractivity contribution in [1.82, 2.24) is 4.98 Å². The number of aromatic nitrogens is 1. The smallest absolute Gasteiger partial charge is 0.250 e. The van der Waals surface area contributed by atoms with Gasteiger partial charge < -0.3 is 5.73 Å². The number of carbonyl (C=O) groups is 1. The first-order valence-corrected chi connectivity index (χ1v) is 4.95. The third kappa shape index (κ3) is 2.50. The highest BCUT2D eigenvalue weighted by atomic mass is 35.5. The summed E-state index contributed by atoms with van der Waals surface area (Å²) in [6.07, 6.45) is 2.78. The van der Waals surface area contributed by atoms with E-state index >= 15 is 0 Å². The average Bonchev–Trinajstić information content (AvgIpc) is 2.18. The molecule has 2 N–H and O–H groups in total. The first-order chi connectivity index (χ1) is 6.47. The molecule has 0 aliphatic carbocycles. The first kappa shape index (κ1) is 11.6. The molecule has 0 aliphatic rings. The maximum atomic E-state index is 10.8. The predicted molar refractivity (Wildman–Crippen MR) is 56.9 cm³/mol. The molecule has 14 heavy (non-hydrogen) atoms. The fourth-order valence-electron chi connectivity index (χ4n) is 0.852. The van der Waals surface area contributed by atoms with Gasteiger partial charge in [-0.1, -0.05) is 23.2 Å². The largest absolute Gasteiger partial charge is 0.366 e. The summed E-state index contributed by atoms with van der Waals surface area (Å²) in [5.41, 5.74) is 5.77. The van der Waals surface area contributed by atoms with E-state index in [1.807, 2.05) is 0 Å². The van der Waals surface area contributed by atoms with Gasteiger partial charge in [0.15, 0.2) is 4.33 Å². The van der Waals surface area contributed by atoms with Crippen molar-refractivity contribution in [3.63, 3.8) is 0 Å². The minimum atomic E-state index is -1.25. The van der Waals surface area contributed by atoms with Gasteiger partial charge in [-0.2, -0.15) is 0 Å². The molecule has 0 unspecified atom stereocenters. The van der Waals surface area contributed by atoms with Crippen LogP contribution in [0.15, 0.2) is 18.5 Å². The Labute approximate surface area is 96.2 Å². The van der Waals surface area contributed by atoms with Crippen molar-refractivity contribution in [3.8, 4) is 0 Å². The van der Waals surface area contributed by atoms with Crippen molar-refractivity contribution >= 4 is 40.7 Å². The average molecular weight is 254 g/mol. The molecule has 6 heteroatoms. The van der Waals surface area contributed by atoms with Crippen LogP contribution in [0.5, 0.6) is 0 Å². The van der Waals surface area contributed by atoms with Crippen molar-refractivity contribution < 1.29 is 4.79 Å². The molecule has 0 saturated heterocycles. The number of hydrogen-bond donors (Lipinski definition) is 1. The first-order valence-electron chi connectivity index (χ1n) is 3.66. The summed E-state index contributed by atoms with van der Waals surface area (Å²) >= 11 is 17.3.